The molecule has 0 bridgehead atoms. The molecule has 1 aromatic rings. The van der Waals surface area contributed by atoms with Gasteiger partial charge in [-0.2, -0.15) is 0 Å². The first-order valence-corrected chi connectivity index (χ1v) is 8.86. The number of hydrogen-bond donors (Lipinski definition) is 2. The van der Waals surface area contributed by atoms with Gasteiger partial charge in [0.1, 0.15) is 11.9 Å². The van der Waals surface area contributed by atoms with Gasteiger partial charge in [-0.3, -0.25) is 0 Å². The fourth-order valence-corrected chi connectivity index (χ4v) is 2.68. The molecule has 4 heteroatoms. The first kappa shape index (κ1) is 20.2. The van der Waals surface area contributed by atoms with Crippen LogP contribution in [0, 0.1) is 19.7 Å². The van der Waals surface area contributed by atoms with Crippen LogP contribution in [0.5, 0.6) is 0 Å². The van der Waals surface area contributed by atoms with Gasteiger partial charge in [-0.05, 0) is 69.2 Å². The maximum atomic E-state index is 13.7. The Balaban J connectivity index is 2.46. The van der Waals surface area contributed by atoms with Gasteiger partial charge in [0.25, 0.3) is 0 Å². The molecule has 24 heavy (non-hydrogen) atoms. The van der Waals surface area contributed by atoms with Crippen LogP contribution in [0.2, 0.25) is 0 Å². The zero-order valence-corrected chi connectivity index (χ0v) is 15.1. The number of allylic oxidation sites excluding steroid dienone is 2. The Labute approximate surface area is 145 Å². The first-order valence-electron chi connectivity index (χ1n) is 8.86. The van der Waals surface area contributed by atoms with E-state index in [1.165, 1.54) is 19.3 Å². The molecule has 3 nitrogen and oxygen atoms in total. The summed E-state index contributed by atoms with van der Waals surface area (Å²) < 4.78 is 13.7. The van der Waals surface area contributed by atoms with E-state index in [1.54, 1.807) is 26.0 Å². The summed E-state index contributed by atoms with van der Waals surface area (Å²) in [6.45, 7) is 5.56. The highest BCUT2D eigenvalue weighted by Crippen LogP contribution is 2.20. The van der Waals surface area contributed by atoms with Gasteiger partial charge in [0.05, 0.1) is 0 Å². The van der Waals surface area contributed by atoms with E-state index >= 15 is 0 Å². The van der Waals surface area contributed by atoms with Crippen LogP contribution in [0.4, 0.5) is 10.1 Å². The van der Waals surface area contributed by atoms with Crippen molar-refractivity contribution in [3.63, 3.8) is 0 Å². The Morgan fingerprint density at radius 2 is 1.75 bits per heavy atom. The molecule has 0 aromatic heterocycles. The molecule has 1 rings (SSSR count). The van der Waals surface area contributed by atoms with Crippen molar-refractivity contribution < 1.29 is 14.3 Å². The molecule has 0 saturated heterocycles. The molecule has 0 unspecified atom stereocenters. The highest BCUT2D eigenvalue weighted by molar-refractivity contribution is 5.77. The van der Waals surface area contributed by atoms with E-state index in [0.717, 1.165) is 19.3 Å². The third-order valence-corrected chi connectivity index (χ3v) is 4.08. The average molecular weight is 335 g/mol. The van der Waals surface area contributed by atoms with E-state index in [1.807, 2.05) is 0 Å². The highest BCUT2D eigenvalue weighted by atomic mass is 19.1. The van der Waals surface area contributed by atoms with Crippen LogP contribution in [0.3, 0.4) is 0 Å². The van der Waals surface area contributed by atoms with Gasteiger partial charge >= 0.3 is 5.97 Å². The molecule has 1 aromatic carbocycles. The number of benzene rings is 1. The molecule has 0 aliphatic heterocycles. The Morgan fingerprint density at radius 3 is 2.29 bits per heavy atom. The summed E-state index contributed by atoms with van der Waals surface area (Å²) in [6.07, 6.45) is 11.4. The van der Waals surface area contributed by atoms with Crippen LogP contribution in [-0.4, -0.2) is 17.1 Å². The van der Waals surface area contributed by atoms with Gasteiger partial charge in [0.2, 0.25) is 0 Å². The largest absolute Gasteiger partial charge is 0.480 e. The van der Waals surface area contributed by atoms with Crippen LogP contribution in [0.1, 0.15) is 63.0 Å². The lowest BCUT2D eigenvalue weighted by Crippen LogP contribution is -2.29. The first-order chi connectivity index (χ1) is 11.5. The number of nitrogens with one attached hydrogen (secondary N) is 1. The quantitative estimate of drug-likeness (QED) is 0.408. The van der Waals surface area contributed by atoms with Gasteiger partial charge in [-0.1, -0.05) is 31.9 Å². The molecule has 0 fully saturated rings. The Hall–Kier alpha value is -1.84. The van der Waals surface area contributed by atoms with Crippen molar-refractivity contribution in [1.82, 2.24) is 0 Å². The number of carboxylic acids is 1. The van der Waals surface area contributed by atoms with E-state index in [4.69, 9.17) is 0 Å². The number of carbonyl (C=O) groups is 1. The zero-order chi connectivity index (χ0) is 17.9. The predicted octanol–water partition coefficient (Wildman–Crippen LogP) is 5.61. The van der Waals surface area contributed by atoms with Crippen LogP contribution in [0.15, 0.2) is 24.3 Å². The van der Waals surface area contributed by atoms with Crippen LogP contribution >= 0.6 is 0 Å². The molecule has 0 heterocycles. The molecular weight excluding hydrogens is 305 g/mol. The van der Waals surface area contributed by atoms with Gasteiger partial charge in [0.15, 0.2) is 0 Å². The number of aliphatic carboxylic acids is 1. The van der Waals surface area contributed by atoms with Gasteiger partial charge in [-0.25, -0.2) is 9.18 Å². The second-order valence-corrected chi connectivity index (χ2v) is 6.36. The monoisotopic (exact) mass is 335 g/mol. The SMILES string of the molecule is CCCCC/C=C/CCC[C@@H](Nc1cc(C)c(F)c(C)c1)C(=O)O. The second-order valence-electron chi connectivity index (χ2n) is 6.36. The van der Waals surface area contributed by atoms with E-state index in [2.05, 4.69) is 24.4 Å². The maximum absolute atomic E-state index is 13.7. The average Bonchev–Trinajstić information content (AvgIpc) is 2.53. The van der Waals surface area contributed by atoms with Gasteiger partial charge in [-0.15, -0.1) is 0 Å². The third-order valence-electron chi connectivity index (χ3n) is 4.08. The lowest BCUT2D eigenvalue weighted by Gasteiger charge is -2.16. The fourth-order valence-electron chi connectivity index (χ4n) is 2.68. The van der Waals surface area contributed by atoms with Crippen molar-refractivity contribution in [2.75, 3.05) is 5.32 Å². The summed E-state index contributed by atoms with van der Waals surface area (Å²) in [5.74, 6) is -1.11. The molecule has 0 aliphatic carbocycles. The molecule has 0 saturated carbocycles. The van der Waals surface area contributed by atoms with Gasteiger partial charge < -0.3 is 10.4 Å². The number of rotatable bonds is 11. The highest BCUT2D eigenvalue weighted by Gasteiger charge is 2.17. The minimum absolute atomic E-state index is 0.236. The summed E-state index contributed by atoms with van der Waals surface area (Å²) >= 11 is 0. The lowest BCUT2D eigenvalue weighted by atomic mass is 10.1. The minimum Gasteiger partial charge on any atom is -0.480 e. The van der Waals surface area contributed by atoms with E-state index in [-0.39, 0.29) is 5.82 Å². The summed E-state index contributed by atoms with van der Waals surface area (Å²) in [5, 5.41) is 12.4. The maximum Gasteiger partial charge on any atom is 0.326 e. The molecule has 0 spiro atoms. The van der Waals surface area contributed by atoms with Crippen LogP contribution < -0.4 is 5.32 Å². The number of hydrogen-bond acceptors (Lipinski definition) is 2. The number of carboxylic acid groups (broad SMARTS) is 1. The van der Waals surface area contributed by atoms with Crippen molar-refractivity contribution in [2.24, 2.45) is 0 Å². The Bertz CT molecular complexity index is 532. The summed E-state index contributed by atoms with van der Waals surface area (Å²) in [7, 11) is 0. The second kappa shape index (κ2) is 10.8. The van der Waals surface area contributed by atoms with Crippen molar-refractivity contribution >= 4 is 11.7 Å². The summed E-state index contributed by atoms with van der Waals surface area (Å²) in [4.78, 5) is 11.4. The zero-order valence-electron chi connectivity index (χ0n) is 15.1. The molecule has 0 amide bonds. The number of halogens is 1. The molecule has 134 valence electrons. The minimum atomic E-state index is -0.874. The van der Waals surface area contributed by atoms with Crippen molar-refractivity contribution in [2.45, 2.75) is 71.8 Å². The molecular formula is C20H30FNO2. The molecule has 2 N–H and O–H groups in total. The van der Waals surface area contributed by atoms with Crippen LogP contribution in [0.25, 0.3) is 0 Å². The topological polar surface area (TPSA) is 49.3 Å². The molecule has 0 aliphatic rings. The number of aryl methyl sites for hydroxylation is 2. The Kier molecular flexibility index (Phi) is 9.13. The predicted molar refractivity (Wildman–Crippen MR) is 98.1 cm³/mol. The van der Waals surface area contributed by atoms with E-state index < -0.39 is 12.0 Å². The number of anilines is 1. The lowest BCUT2D eigenvalue weighted by molar-refractivity contribution is -0.138. The fraction of sp³-hybridized carbons (Fsp3) is 0.550. The van der Waals surface area contributed by atoms with Crippen LogP contribution in [-0.2, 0) is 4.79 Å². The summed E-state index contributed by atoms with van der Waals surface area (Å²) in [6, 6.07) is 2.67. The van der Waals surface area contributed by atoms with Crippen molar-refractivity contribution in [3.8, 4) is 0 Å². The van der Waals surface area contributed by atoms with E-state index in [0.29, 0.717) is 23.2 Å². The molecule has 1 atom stereocenters. The standard InChI is InChI=1S/C20H30FNO2/c1-4-5-6-7-8-9-10-11-12-18(20(23)24)22-17-13-15(2)19(21)16(3)14-17/h8-9,13-14,18,22H,4-7,10-12H2,1-3H3,(H,23,24)/b9-8+/t18-/m1/s1. The smallest absolute Gasteiger partial charge is 0.326 e. The summed E-state index contributed by atoms with van der Waals surface area (Å²) in [5.41, 5.74) is 1.71. The van der Waals surface area contributed by atoms with Gasteiger partial charge in [0, 0.05) is 5.69 Å². The molecule has 0 radical (unpaired) electrons. The van der Waals surface area contributed by atoms with E-state index in [9.17, 15) is 14.3 Å². The van der Waals surface area contributed by atoms with Crippen molar-refractivity contribution in [1.29, 1.82) is 0 Å². The normalized spacial score (nSPS) is 12.5. The van der Waals surface area contributed by atoms with Crippen molar-refractivity contribution in [3.05, 3.63) is 41.2 Å². The Morgan fingerprint density at radius 1 is 1.17 bits per heavy atom. The third kappa shape index (κ3) is 7.16. The number of unbranched alkanes of at least 4 members (excludes halogenated alkanes) is 4.